The van der Waals surface area contributed by atoms with Crippen LogP contribution in [0.2, 0.25) is 0 Å². The lowest BCUT2D eigenvalue weighted by Crippen LogP contribution is -2.54. The molecule has 4 amide bonds. The second-order valence-corrected chi connectivity index (χ2v) is 11.8. The second kappa shape index (κ2) is 10.3. The van der Waals surface area contributed by atoms with Gasteiger partial charge in [0.2, 0.25) is 11.8 Å². The van der Waals surface area contributed by atoms with E-state index in [1.54, 1.807) is 18.2 Å². The zero-order valence-corrected chi connectivity index (χ0v) is 22.4. The number of carbonyl (C=O) groups is 4. The van der Waals surface area contributed by atoms with E-state index in [4.69, 9.17) is 0 Å². The van der Waals surface area contributed by atoms with Crippen molar-refractivity contribution in [2.45, 2.75) is 65.6 Å². The van der Waals surface area contributed by atoms with Gasteiger partial charge in [0, 0.05) is 25.2 Å². The highest BCUT2D eigenvalue weighted by atomic mass is 16.2. The number of hydrogen-bond acceptors (Lipinski definition) is 6. The highest BCUT2D eigenvalue weighted by Gasteiger charge is 2.45. The standard InChI is InChI=1S/C30H36N4O4/c1-30(2,3)21-13-15-33(16-14-21)18-20-9-7-19(8-10-20)17-31-23-6-4-5-22-26(23)29(38)34(28(22)37)24-11-12-25(35)32-27(24)36/h4-10,21,24,31H,11-18H2,1-3H3,(H,32,35,36). The zero-order valence-electron chi connectivity index (χ0n) is 22.4. The summed E-state index contributed by atoms with van der Waals surface area (Å²) in [7, 11) is 0. The highest BCUT2D eigenvalue weighted by molar-refractivity contribution is 6.25. The summed E-state index contributed by atoms with van der Waals surface area (Å²) in [4.78, 5) is 53.7. The third-order valence-electron chi connectivity index (χ3n) is 8.19. The van der Waals surface area contributed by atoms with Crippen molar-refractivity contribution < 1.29 is 19.2 Å². The normalized spacial score (nSPS) is 21.0. The molecule has 0 bridgehead atoms. The van der Waals surface area contributed by atoms with Crippen molar-refractivity contribution in [1.29, 1.82) is 0 Å². The van der Waals surface area contributed by atoms with Gasteiger partial charge in [0.1, 0.15) is 6.04 Å². The molecule has 38 heavy (non-hydrogen) atoms. The molecule has 5 rings (SSSR count). The van der Waals surface area contributed by atoms with E-state index < -0.39 is 23.8 Å². The number of fused-ring (bicyclic) bond motifs is 1. The number of nitrogens with one attached hydrogen (secondary N) is 2. The molecular weight excluding hydrogens is 480 g/mol. The van der Waals surface area contributed by atoms with Crippen LogP contribution in [0, 0.1) is 11.3 Å². The molecular formula is C30H36N4O4. The smallest absolute Gasteiger partial charge is 0.264 e. The van der Waals surface area contributed by atoms with Crippen LogP contribution in [0.25, 0.3) is 0 Å². The lowest BCUT2D eigenvalue weighted by Gasteiger charge is -2.38. The van der Waals surface area contributed by atoms with E-state index in [-0.39, 0.29) is 29.9 Å². The van der Waals surface area contributed by atoms with Gasteiger partial charge in [0.25, 0.3) is 11.8 Å². The molecule has 0 radical (unpaired) electrons. The zero-order chi connectivity index (χ0) is 27.0. The first kappa shape index (κ1) is 26.1. The van der Waals surface area contributed by atoms with E-state index in [9.17, 15) is 19.2 Å². The topological polar surface area (TPSA) is 98.8 Å². The fraction of sp³-hybridized carbons (Fsp3) is 0.467. The Labute approximate surface area is 223 Å². The van der Waals surface area contributed by atoms with Crippen LogP contribution in [0.3, 0.4) is 0 Å². The molecule has 3 heterocycles. The summed E-state index contributed by atoms with van der Waals surface area (Å²) in [6.07, 6.45) is 2.73. The number of hydrogen-bond donors (Lipinski definition) is 2. The molecule has 0 saturated carbocycles. The number of imide groups is 2. The number of amides is 4. The van der Waals surface area contributed by atoms with Gasteiger partial charge < -0.3 is 5.32 Å². The SMILES string of the molecule is CC(C)(C)C1CCN(Cc2ccc(CNc3cccc4c3C(=O)N(C3CCC(=O)NC3=O)C4=O)cc2)CC1. The van der Waals surface area contributed by atoms with Crippen LogP contribution >= 0.6 is 0 Å². The predicted molar refractivity (Wildman–Crippen MR) is 144 cm³/mol. The maximum absolute atomic E-state index is 13.3. The molecule has 0 spiro atoms. The van der Waals surface area contributed by atoms with Crippen molar-refractivity contribution in [3.05, 3.63) is 64.7 Å². The Morgan fingerprint density at radius 2 is 1.58 bits per heavy atom. The second-order valence-electron chi connectivity index (χ2n) is 11.8. The molecule has 2 N–H and O–H groups in total. The van der Waals surface area contributed by atoms with Crippen molar-refractivity contribution >= 4 is 29.3 Å². The van der Waals surface area contributed by atoms with Crippen LogP contribution in [0.1, 0.15) is 78.3 Å². The van der Waals surface area contributed by atoms with Gasteiger partial charge in [-0.3, -0.25) is 34.3 Å². The van der Waals surface area contributed by atoms with Gasteiger partial charge >= 0.3 is 0 Å². The summed E-state index contributed by atoms with van der Waals surface area (Å²) in [6.45, 7) is 10.7. The Kier molecular flexibility index (Phi) is 7.09. The van der Waals surface area contributed by atoms with Crippen LogP contribution in [0.4, 0.5) is 5.69 Å². The Morgan fingerprint density at radius 3 is 2.24 bits per heavy atom. The minimum absolute atomic E-state index is 0.0973. The van der Waals surface area contributed by atoms with Crippen LogP contribution < -0.4 is 10.6 Å². The molecule has 0 aromatic heterocycles. The Hall–Kier alpha value is -3.52. The monoisotopic (exact) mass is 516 g/mol. The fourth-order valence-corrected chi connectivity index (χ4v) is 5.84. The molecule has 3 aliphatic rings. The molecule has 3 aliphatic heterocycles. The fourth-order valence-electron chi connectivity index (χ4n) is 5.84. The third-order valence-corrected chi connectivity index (χ3v) is 8.19. The number of benzene rings is 2. The highest BCUT2D eigenvalue weighted by Crippen LogP contribution is 2.35. The number of piperidine rings is 2. The van der Waals surface area contributed by atoms with Gasteiger partial charge in [0.05, 0.1) is 11.1 Å². The van der Waals surface area contributed by atoms with Gasteiger partial charge in [-0.2, -0.15) is 0 Å². The summed E-state index contributed by atoms with van der Waals surface area (Å²) >= 11 is 0. The molecule has 1 unspecified atom stereocenters. The number of anilines is 1. The van der Waals surface area contributed by atoms with Gasteiger partial charge in [-0.25, -0.2) is 0 Å². The summed E-state index contributed by atoms with van der Waals surface area (Å²) in [5, 5.41) is 5.54. The lowest BCUT2D eigenvalue weighted by atomic mass is 9.75. The van der Waals surface area contributed by atoms with E-state index in [0.717, 1.165) is 36.0 Å². The maximum atomic E-state index is 13.3. The molecule has 0 aliphatic carbocycles. The number of likely N-dealkylation sites (tertiary alicyclic amines) is 1. The molecule has 2 fully saturated rings. The summed E-state index contributed by atoms with van der Waals surface area (Å²) in [6, 6.07) is 12.6. The molecule has 8 nitrogen and oxygen atoms in total. The summed E-state index contributed by atoms with van der Waals surface area (Å²) in [5.41, 5.74) is 3.83. The van der Waals surface area contributed by atoms with Crippen LogP contribution in [0.5, 0.6) is 0 Å². The number of carbonyl (C=O) groups excluding carboxylic acids is 4. The first-order chi connectivity index (χ1) is 18.1. The molecule has 2 aromatic carbocycles. The minimum Gasteiger partial charge on any atom is -0.380 e. The molecule has 8 heteroatoms. The molecule has 2 aromatic rings. The van der Waals surface area contributed by atoms with Crippen molar-refractivity contribution in [2.75, 3.05) is 18.4 Å². The van der Waals surface area contributed by atoms with E-state index in [2.05, 4.69) is 60.6 Å². The van der Waals surface area contributed by atoms with Crippen LogP contribution in [0.15, 0.2) is 42.5 Å². The summed E-state index contributed by atoms with van der Waals surface area (Å²) in [5.74, 6) is -1.22. The quantitative estimate of drug-likeness (QED) is 0.564. The van der Waals surface area contributed by atoms with E-state index >= 15 is 0 Å². The van der Waals surface area contributed by atoms with E-state index in [1.165, 1.54) is 18.4 Å². The van der Waals surface area contributed by atoms with Crippen molar-refractivity contribution in [1.82, 2.24) is 15.1 Å². The molecule has 1 atom stereocenters. The lowest BCUT2D eigenvalue weighted by molar-refractivity contribution is -0.136. The first-order valence-electron chi connectivity index (χ1n) is 13.5. The van der Waals surface area contributed by atoms with E-state index in [1.807, 2.05) is 0 Å². The maximum Gasteiger partial charge on any atom is 0.264 e. The van der Waals surface area contributed by atoms with Crippen molar-refractivity contribution in [2.24, 2.45) is 11.3 Å². The van der Waals surface area contributed by atoms with Crippen molar-refractivity contribution in [3.8, 4) is 0 Å². The predicted octanol–water partition coefficient (Wildman–Crippen LogP) is 3.96. The average Bonchev–Trinajstić information content (AvgIpc) is 3.14. The number of nitrogens with zero attached hydrogens (tertiary/aromatic N) is 2. The Balaban J connectivity index is 1.21. The molecule has 200 valence electrons. The Bertz CT molecular complexity index is 1260. The third kappa shape index (κ3) is 5.23. The number of rotatable bonds is 6. The van der Waals surface area contributed by atoms with Gasteiger partial charge in [-0.15, -0.1) is 0 Å². The Morgan fingerprint density at radius 1 is 0.895 bits per heavy atom. The van der Waals surface area contributed by atoms with Crippen LogP contribution in [-0.2, 0) is 22.7 Å². The molecule has 2 saturated heterocycles. The van der Waals surface area contributed by atoms with Gasteiger partial charge in [-0.05, 0) is 66.9 Å². The van der Waals surface area contributed by atoms with Crippen molar-refractivity contribution in [3.63, 3.8) is 0 Å². The van der Waals surface area contributed by atoms with Crippen LogP contribution in [-0.4, -0.2) is 52.6 Å². The average molecular weight is 517 g/mol. The van der Waals surface area contributed by atoms with Gasteiger partial charge in [0.15, 0.2) is 0 Å². The summed E-state index contributed by atoms with van der Waals surface area (Å²) < 4.78 is 0. The van der Waals surface area contributed by atoms with E-state index in [0.29, 0.717) is 17.6 Å². The minimum atomic E-state index is -0.972. The van der Waals surface area contributed by atoms with Gasteiger partial charge in [-0.1, -0.05) is 51.1 Å². The first-order valence-corrected chi connectivity index (χ1v) is 13.5. The largest absolute Gasteiger partial charge is 0.380 e.